The van der Waals surface area contributed by atoms with Crippen LogP contribution in [-0.2, 0) is 0 Å². The van der Waals surface area contributed by atoms with E-state index in [9.17, 15) is 0 Å². The van der Waals surface area contributed by atoms with Crippen LogP contribution in [0.2, 0.25) is 0 Å². The fraction of sp³-hybridized carbons (Fsp3) is 0.533. The van der Waals surface area contributed by atoms with Gasteiger partial charge in [0.1, 0.15) is 11.5 Å². The molecule has 2 fully saturated rings. The molecule has 0 amide bonds. The number of ether oxygens (including phenoxy) is 2. The third kappa shape index (κ3) is 1.69. The summed E-state index contributed by atoms with van der Waals surface area (Å²) >= 11 is 5.56. The number of rotatable bonds is 2. The first-order valence-electron chi connectivity index (χ1n) is 7.07. The quantitative estimate of drug-likeness (QED) is 0.847. The van der Waals surface area contributed by atoms with Gasteiger partial charge in [0.05, 0.1) is 13.2 Å². The summed E-state index contributed by atoms with van der Waals surface area (Å²) < 4.78 is 11.6. The second kappa shape index (κ2) is 4.01. The van der Waals surface area contributed by atoms with Gasteiger partial charge < -0.3 is 19.7 Å². The van der Waals surface area contributed by atoms with Crippen LogP contribution in [0.5, 0.6) is 11.5 Å². The minimum absolute atomic E-state index is 0.210. The zero-order valence-corrected chi connectivity index (χ0v) is 12.5. The Balaban J connectivity index is 1.77. The van der Waals surface area contributed by atoms with Crippen LogP contribution in [0.4, 0.5) is 0 Å². The molecule has 2 unspecified atom stereocenters. The number of thiocarbonyl (C=S) groups is 1. The van der Waals surface area contributed by atoms with Crippen molar-refractivity contribution in [3.8, 4) is 11.5 Å². The SMILES string of the molecule is COc1ccc2c(c1)C1CC(C)(O2)N(C2CC2)C(=S)N1. The Hall–Kier alpha value is -1.49. The number of nitrogens with zero attached hydrogens (tertiary/aromatic N) is 1. The van der Waals surface area contributed by atoms with Gasteiger partial charge in [-0.05, 0) is 50.2 Å². The van der Waals surface area contributed by atoms with E-state index >= 15 is 0 Å². The van der Waals surface area contributed by atoms with Gasteiger partial charge >= 0.3 is 0 Å². The predicted molar refractivity (Wildman–Crippen MR) is 80.0 cm³/mol. The Labute approximate surface area is 124 Å². The minimum Gasteiger partial charge on any atom is -0.497 e. The topological polar surface area (TPSA) is 33.7 Å². The molecular formula is C15H18N2O2S. The molecule has 0 spiro atoms. The average molecular weight is 290 g/mol. The van der Waals surface area contributed by atoms with Gasteiger partial charge in [-0.15, -0.1) is 0 Å². The molecule has 4 rings (SSSR count). The predicted octanol–water partition coefficient (Wildman–Crippen LogP) is 2.59. The van der Waals surface area contributed by atoms with Gasteiger partial charge in [-0.1, -0.05) is 0 Å². The van der Waals surface area contributed by atoms with Crippen molar-refractivity contribution in [2.24, 2.45) is 0 Å². The third-order valence-corrected chi connectivity index (χ3v) is 4.76. The molecule has 2 atom stereocenters. The number of hydrogen-bond acceptors (Lipinski definition) is 3. The van der Waals surface area contributed by atoms with Gasteiger partial charge in [-0.25, -0.2) is 0 Å². The lowest BCUT2D eigenvalue weighted by Gasteiger charge is -2.52. The van der Waals surface area contributed by atoms with Crippen LogP contribution in [-0.4, -0.2) is 28.9 Å². The highest BCUT2D eigenvalue weighted by Gasteiger charge is 2.52. The summed E-state index contributed by atoms with van der Waals surface area (Å²) in [6, 6.07) is 6.74. The van der Waals surface area contributed by atoms with E-state index in [1.807, 2.05) is 18.2 Å². The molecule has 1 N–H and O–H groups in total. The van der Waals surface area contributed by atoms with Crippen LogP contribution in [0.3, 0.4) is 0 Å². The van der Waals surface area contributed by atoms with Crippen LogP contribution in [0.25, 0.3) is 0 Å². The monoisotopic (exact) mass is 290 g/mol. The van der Waals surface area contributed by atoms with Crippen molar-refractivity contribution < 1.29 is 9.47 Å². The minimum atomic E-state index is -0.324. The van der Waals surface area contributed by atoms with Crippen molar-refractivity contribution in [3.63, 3.8) is 0 Å². The summed E-state index contributed by atoms with van der Waals surface area (Å²) in [6.07, 6.45) is 3.33. The second-order valence-electron chi connectivity index (χ2n) is 5.99. The molecule has 2 aliphatic heterocycles. The Morgan fingerprint density at radius 3 is 2.95 bits per heavy atom. The van der Waals surface area contributed by atoms with E-state index < -0.39 is 0 Å². The normalized spacial score (nSPS) is 31.2. The first-order valence-corrected chi connectivity index (χ1v) is 7.48. The third-order valence-electron chi connectivity index (χ3n) is 4.44. The van der Waals surface area contributed by atoms with E-state index in [1.165, 1.54) is 12.8 Å². The molecule has 20 heavy (non-hydrogen) atoms. The molecule has 0 radical (unpaired) electrons. The molecule has 1 saturated heterocycles. The van der Waals surface area contributed by atoms with Crippen LogP contribution >= 0.6 is 12.2 Å². The van der Waals surface area contributed by atoms with E-state index in [1.54, 1.807) is 7.11 Å². The fourth-order valence-corrected chi connectivity index (χ4v) is 3.86. The number of nitrogens with one attached hydrogen (secondary N) is 1. The molecule has 1 aromatic rings. The highest BCUT2D eigenvalue weighted by atomic mass is 32.1. The van der Waals surface area contributed by atoms with Crippen LogP contribution in [0.15, 0.2) is 18.2 Å². The van der Waals surface area contributed by atoms with E-state index in [4.69, 9.17) is 21.7 Å². The van der Waals surface area contributed by atoms with Crippen LogP contribution in [0.1, 0.15) is 37.8 Å². The highest BCUT2D eigenvalue weighted by molar-refractivity contribution is 7.80. The number of fused-ring (bicyclic) bond motifs is 4. The summed E-state index contributed by atoms with van der Waals surface area (Å²) in [5.41, 5.74) is 0.815. The van der Waals surface area contributed by atoms with Gasteiger partial charge in [-0.3, -0.25) is 0 Å². The summed E-state index contributed by atoms with van der Waals surface area (Å²) in [7, 11) is 1.68. The van der Waals surface area contributed by atoms with Crippen LogP contribution in [0, 0.1) is 0 Å². The average Bonchev–Trinajstić information content (AvgIpc) is 3.22. The Kier molecular flexibility index (Phi) is 2.46. The molecular weight excluding hydrogens is 272 g/mol. The molecule has 1 aliphatic carbocycles. The highest BCUT2D eigenvalue weighted by Crippen LogP contribution is 2.48. The lowest BCUT2D eigenvalue weighted by atomic mass is 9.90. The van der Waals surface area contributed by atoms with Gasteiger partial charge in [0.15, 0.2) is 10.8 Å². The standard InChI is InChI=1S/C15H18N2O2S/c1-15-8-12(16-14(20)17(15)9-3-4-9)11-7-10(18-2)5-6-13(11)19-15/h5-7,9,12H,3-4,8H2,1-2H3,(H,16,20). The van der Waals surface area contributed by atoms with Gasteiger partial charge in [-0.2, -0.15) is 0 Å². The molecule has 2 heterocycles. The maximum absolute atomic E-state index is 6.32. The molecule has 3 aliphatic rings. The Morgan fingerprint density at radius 1 is 1.45 bits per heavy atom. The van der Waals surface area contributed by atoms with Crippen LogP contribution < -0.4 is 14.8 Å². The van der Waals surface area contributed by atoms with E-state index in [0.717, 1.165) is 28.6 Å². The van der Waals surface area contributed by atoms with E-state index in [0.29, 0.717) is 6.04 Å². The van der Waals surface area contributed by atoms with Crippen molar-refractivity contribution >= 4 is 17.3 Å². The number of benzene rings is 1. The van der Waals surface area contributed by atoms with E-state index in [2.05, 4.69) is 17.1 Å². The van der Waals surface area contributed by atoms with Crippen molar-refractivity contribution in [2.45, 2.75) is 44.0 Å². The first kappa shape index (κ1) is 12.3. The maximum atomic E-state index is 6.32. The number of methoxy groups -OCH3 is 1. The van der Waals surface area contributed by atoms with Gasteiger partial charge in [0.25, 0.3) is 0 Å². The zero-order chi connectivity index (χ0) is 13.9. The Bertz CT molecular complexity index is 587. The van der Waals surface area contributed by atoms with Gasteiger partial charge in [0.2, 0.25) is 0 Å². The zero-order valence-electron chi connectivity index (χ0n) is 11.7. The van der Waals surface area contributed by atoms with Crippen molar-refractivity contribution in [1.82, 2.24) is 10.2 Å². The summed E-state index contributed by atoms with van der Waals surface area (Å²) in [5, 5.41) is 4.29. The van der Waals surface area contributed by atoms with Gasteiger partial charge in [0, 0.05) is 18.0 Å². The fourth-order valence-electron chi connectivity index (χ4n) is 3.38. The molecule has 5 heteroatoms. The molecule has 106 valence electrons. The lowest BCUT2D eigenvalue weighted by molar-refractivity contribution is -0.0722. The largest absolute Gasteiger partial charge is 0.497 e. The molecule has 0 aromatic heterocycles. The maximum Gasteiger partial charge on any atom is 0.184 e. The molecule has 4 nitrogen and oxygen atoms in total. The number of hydrogen-bond donors (Lipinski definition) is 1. The molecule has 2 bridgehead atoms. The first-order chi connectivity index (χ1) is 9.60. The second-order valence-corrected chi connectivity index (χ2v) is 6.37. The molecule has 1 saturated carbocycles. The van der Waals surface area contributed by atoms with Crippen molar-refractivity contribution in [3.05, 3.63) is 23.8 Å². The van der Waals surface area contributed by atoms with Crippen molar-refractivity contribution in [1.29, 1.82) is 0 Å². The smallest absolute Gasteiger partial charge is 0.184 e. The Morgan fingerprint density at radius 2 is 2.25 bits per heavy atom. The van der Waals surface area contributed by atoms with Crippen molar-refractivity contribution in [2.75, 3.05) is 7.11 Å². The lowest BCUT2D eigenvalue weighted by Crippen LogP contribution is -2.65. The molecule has 1 aromatic carbocycles. The summed E-state index contributed by atoms with van der Waals surface area (Å²) in [6.45, 7) is 2.15. The summed E-state index contributed by atoms with van der Waals surface area (Å²) in [5.74, 6) is 1.79. The van der Waals surface area contributed by atoms with E-state index in [-0.39, 0.29) is 11.8 Å². The summed E-state index contributed by atoms with van der Waals surface area (Å²) in [4.78, 5) is 2.26.